The molecule has 0 heterocycles. The lowest BCUT2D eigenvalue weighted by Gasteiger charge is -2.33. The summed E-state index contributed by atoms with van der Waals surface area (Å²) in [6.45, 7) is 4.71. The highest BCUT2D eigenvalue weighted by atomic mass is 16.3. The summed E-state index contributed by atoms with van der Waals surface area (Å²) in [4.78, 5) is 0. The van der Waals surface area contributed by atoms with Crippen LogP contribution in [0.4, 0.5) is 0 Å². The van der Waals surface area contributed by atoms with E-state index in [-0.39, 0.29) is 5.66 Å². The standard InChI is InChI=1S/C15H35N3O/c1-6-7-8-13(12-19)9-10-14(16-3)11-15(2,17-4)18-5/h13-14,16-19H,6-12H2,1-5H3. The second kappa shape index (κ2) is 10.6. The molecule has 116 valence electrons. The van der Waals surface area contributed by atoms with Crippen molar-refractivity contribution in [1.29, 1.82) is 0 Å². The summed E-state index contributed by atoms with van der Waals surface area (Å²) in [5.41, 5.74) is -0.0359. The van der Waals surface area contributed by atoms with Crippen molar-refractivity contribution in [3.8, 4) is 0 Å². The van der Waals surface area contributed by atoms with Crippen LogP contribution in [0, 0.1) is 5.92 Å². The van der Waals surface area contributed by atoms with Crippen LogP contribution < -0.4 is 16.0 Å². The van der Waals surface area contributed by atoms with Crippen molar-refractivity contribution in [3.63, 3.8) is 0 Å². The molecule has 0 aliphatic rings. The summed E-state index contributed by atoms with van der Waals surface area (Å²) < 4.78 is 0. The molecule has 0 aliphatic heterocycles. The molecule has 4 heteroatoms. The molecular weight excluding hydrogens is 238 g/mol. The number of rotatable bonds is 12. The highest BCUT2D eigenvalue weighted by molar-refractivity contribution is 4.83. The van der Waals surface area contributed by atoms with E-state index in [1.807, 2.05) is 21.1 Å². The van der Waals surface area contributed by atoms with Gasteiger partial charge in [-0.15, -0.1) is 0 Å². The normalized spacial score (nSPS) is 15.5. The molecule has 0 aromatic rings. The second-order valence-electron chi connectivity index (χ2n) is 5.79. The summed E-state index contributed by atoms with van der Waals surface area (Å²) in [7, 11) is 6.00. The number of unbranched alkanes of at least 4 members (excludes halogenated alkanes) is 1. The van der Waals surface area contributed by atoms with Crippen molar-refractivity contribution in [2.45, 2.75) is 64.1 Å². The van der Waals surface area contributed by atoms with Gasteiger partial charge >= 0.3 is 0 Å². The van der Waals surface area contributed by atoms with Crippen molar-refractivity contribution in [3.05, 3.63) is 0 Å². The fourth-order valence-electron chi connectivity index (χ4n) is 2.43. The minimum atomic E-state index is -0.0359. The quantitative estimate of drug-likeness (QED) is 0.409. The van der Waals surface area contributed by atoms with Gasteiger partial charge in [-0.25, -0.2) is 0 Å². The molecule has 0 saturated carbocycles. The zero-order valence-electron chi connectivity index (χ0n) is 13.6. The third kappa shape index (κ3) is 7.88. The Morgan fingerprint density at radius 1 is 1.05 bits per heavy atom. The average Bonchev–Trinajstić information content (AvgIpc) is 2.45. The minimum absolute atomic E-state index is 0.0359. The molecule has 0 rings (SSSR count). The van der Waals surface area contributed by atoms with Gasteiger partial charge in [-0.2, -0.15) is 0 Å². The summed E-state index contributed by atoms with van der Waals surface area (Å²) in [6.07, 6.45) is 6.83. The molecule has 0 bridgehead atoms. The average molecular weight is 273 g/mol. The molecule has 2 atom stereocenters. The van der Waals surface area contributed by atoms with Gasteiger partial charge in [-0.1, -0.05) is 19.8 Å². The number of aliphatic hydroxyl groups excluding tert-OH is 1. The molecule has 4 nitrogen and oxygen atoms in total. The molecule has 0 fully saturated rings. The summed E-state index contributed by atoms with van der Waals surface area (Å²) in [5, 5.41) is 19.5. The van der Waals surface area contributed by atoms with Gasteiger partial charge in [0.2, 0.25) is 0 Å². The third-order valence-electron chi connectivity index (χ3n) is 4.31. The van der Waals surface area contributed by atoms with Crippen LogP contribution in [0.5, 0.6) is 0 Å². The van der Waals surface area contributed by atoms with Gasteiger partial charge in [0.25, 0.3) is 0 Å². The first kappa shape index (κ1) is 18.8. The lowest BCUT2D eigenvalue weighted by Crippen LogP contribution is -2.54. The molecule has 0 aliphatic carbocycles. The first-order valence-electron chi connectivity index (χ1n) is 7.71. The third-order valence-corrected chi connectivity index (χ3v) is 4.31. The van der Waals surface area contributed by atoms with Gasteiger partial charge in [0, 0.05) is 12.6 Å². The predicted molar refractivity (Wildman–Crippen MR) is 83.3 cm³/mol. The Labute approximate surface area is 119 Å². The fourth-order valence-corrected chi connectivity index (χ4v) is 2.43. The van der Waals surface area contributed by atoms with E-state index in [0.717, 1.165) is 25.7 Å². The topological polar surface area (TPSA) is 56.3 Å². The lowest BCUT2D eigenvalue weighted by atomic mass is 9.92. The molecule has 2 unspecified atom stereocenters. The monoisotopic (exact) mass is 273 g/mol. The maximum absolute atomic E-state index is 9.42. The van der Waals surface area contributed by atoms with Gasteiger partial charge in [-0.05, 0) is 59.7 Å². The number of hydrogen-bond donors (Lipinski definition) is 4. The van der Waals surface area contributed by atoms with E-state index in [1.165, 1.54) is 12.8 Å². The summed E-state index contributed by atoms with van der Waals surface area (Å²) in [5.74, 6) is 0.464. The van der Waals surface area contributed by atoms with Crippen LogP contribution in [0.2, 0.25) is 0 Å². The van der Waals surface area contributed by atoms with Crippen LogP contribution in [0.3, 0.4) is 0 Å². The van der Waals surface area contributed by atoms with E-state index in [4.69, 9.17) is 0 Å². The van der Waals surface area contributed by atoms with Crippen LogP contribution in [0.15, 0.2) is 0 Å². The van der Waals surface area contributed by atoms with E-state index >= 15 is 0 Å². The van der Waals surface area contributed by atoms with Gasteiger partial charge in [0.15, 0.2) is 0 Å². The Hall–Kier alpha value is -0.160. The van der Waals surface area contributed by atoms with Crippen LogP contribution in [0.1, 0.15) is 52.4 Å². The van der Waals surface area contributed by atoms with Crippen molar-refractivity contribution in [2.75, 3.05) is 27.7 Å². The van der Waals surface area contributed by atoms with Crippen molar-refractivity contribution < 1.29 is 5.11 Å². The van der Waals surface area contributed by atoms with Gasteiger partial charge in [0.1, 0.15) is 0 Å². The Balaban J connectivity index is 4.17. The van der Waals surface area contributed by atoms with Crippen molar-refractivity contribution >= 4 is 0 Å². The van der Waals surface area contributed by atoms with E-state index < -0.39 is 0 Å². The first-order chi connectivity index (χ1) is 9.05. The number of aliphatic hydroxyl groups is 1. The van der Waals surface area contributed by atoms with Gasteiger partial charge in [-0.3, -0.25) is 0 Å². The molecule has 0 aromatic heterocycles. The second-order valence-corrected chi connectivity index (χ2v) is 5.79. The molecule has 19 heavy (non-hydrogen) atoms. The highest BCUT2D eigenvalue weighted by Crippen LogP contribution is 2.18. The zero-order valence-corrected chi connectivity index (χ0v) is 13.6. The maximum Gasteiger partial charge on any atom is 0.0668 e. The Morgan fingerprint density at radius 3 is 2.11 bits per heavy atom. The molecule has 0 radical (unpaired) electrons. The lowest BCUT2D eigenvalue weighted by molar-refractivity contribution is 0.194. The fraction of sp³-hybridized carbons (Fsp3) is 1.00. The molecule has 0 saturated heterocycles. The SMILES string of the molecule is CCCCC(CO)CCC(CC(C)(NC)NC)NC. The molecule has 0 aromatic carbocycles. The van der Waals surface area contributed by atoms with E-state index in [2.05, 4.69) is 29.8 Å². The van der Waals surface area contributed by atoms with E-state index in [9.17, 15) is 5.11 Å². The highest BCUT2D eigenvalue weighted by Gasteiger charge is 2.24. The van der Waals surface area contributed by atoms with Crippen LogP contribution in [-0.4, -0.2) is 44.6 Å². The Bertz CT molecular complexity index is 208. The van der Waals surface area contributed by atoms with E-state index in [0.29, 0.717) is 18.6 Å². The molecule has 4 N–H and O–H groups in total. The first-order valence-corrected chi connectivity index (χ1v) is 7.71. The Kier molecular flexibility index (Phi) is 10.5. The minimum Gasteiger partial charge on any atom is -0.396 e. The van der Waals surface area contributed by atoms with Crippen molar-refractivity contribution in [1.82, 2.24) is 16.0 Å². The smallest absolute Gasteiger partial charge is 0.0668 e. The van der Waals surface area contributed by atoms with E-state index in [1.54, 1.807) is 0 Å². The molecule has 0 spiro atoms. The zero-order chi connectivity index (χ0) is 14.7. The maximum atomic E-state index is 9.42. The predicted octanol–water partition coefficient (Wildman–Crippen LogP) is 1.70. The molecular formula is C15H35N3O. The van der Waals surface area contributed by atoms with Gasteiger partial charge in [0.05, 0.1) is 5.66 Å². The molecule has 0 amide bonds. The summed E-state index contributed by atoms with van der Waals surface area (Å²) in [6, 6.07) is 0.473. The van der Waals surface area contributed by atoms with Crippen molar-refractivity contribution in [2.24, 2.45) is 5.92 Å². The van der Waals surface area contributed by atoms with Crippen LogP contribution in [0.25, 0.3) is 0 Å². The number of nitrogens with one attached hydrogen (secondary N) is 3. The summed E-state index contributed by atoms with van der Waals surface area (Å²) >= 11 is 0. The van der Waals surface area contributed by atoms with Gasteiger partial charge < -0.3 is 21.1 Å². The largest absolute Gasteiger partial charge is 0.396 e. The Morgan fingerprint density at radius 2 is 1.68 bits per heavy atom. The van der Waals surface area contributed by atoms with Crippen LogP contribution >= 0.6 is 0 Å². The van der Waals surface area contributed by atoms with Crippen LogP contribution in [-0.2, 0) is 0 Å². The number of hydrogen-bond acceptors (Lipinski definition) is 4.